The summed E-state index contributed by atoms with van der Waals surface area (Å²) in [5, 5.41) is 13.6. The Hall–Kier alpha value is -2.15. The Labute approximate surface area is 167 Å². The molecule has 2 aromatic carbocycles. The molecule has 0 radical (unpaired) electrons. The molecule has 4 rings (SSSR count). The highest BCUT2D eigenvalue weighted by atomic mass is 28.3. The number of aromatic hydroxyl groups is 1. The summed E-state index contributed by atoms with van der Waals surface area (Å²) in [7, 11) is -1.12. The van der Waals surface area contributed by atoms with Crippen molar-refractivity contribution >= 4 is 19.1 Å². The van der Waals surface area contributed by atoms with E-state index in [0.717, 1.165) is 48.0 Å². The van der Waals surface area contributed by atoms with Crippen LogP contribution in [-0.4, -0.2) is 35.9 Å². The Morgan fingerprint density at radius 1 is 1.21 bits per heavy atom. The summed E-state index contributed by atoms with van der Waals surface area (Å²) in [6, 6.07) is 15.0. The molecule has 5 nitrogen and oxygen atoms in total. The molecule has 148 valence electrons. The highest BCUT2D eigenvalue weighted by Gasteiger charge is 2.27. The van der Waals surface area contributed by atoms with Crippen LogP contribution in [0.3, 0.4) is 0 Å². The number of phenols is 1. The fourth-order valence-corrected chi connectivity index (χ4v) is 4.51. The summed E-state index contributed by atoms with van der Waals surface area (Å²) in [5.41, 5.74) is 4.42. The summed E-state index contributed by atoms with van der Waals surface area (Å²) in [5.74, 6) is 1.24. The zero-order chi connectivity index (χ0) is 19.7. The summed E-state index contributed by atoms with van der Waals surface area (Å²) >= 11 is 0. The standard InChI is InChI=1S/C22H29N3O2Si/c1-28(2,3)13-12-27-15-25-20-7-5-4-6-19(20)24-22(25)21-18-14-17(26)9-8-16(18)10-11-23-21/h4-9,14,21,23,26H,10-13,15H2,1-3H3. The molecule has 6 heteroatoms. The van der Waals surface area contributed by atoms with Crippen LogP contribution < -0.4 is 5.32 Å². The highest BCUT2D eigenvalue weighted by molar-refractivity contribution is 6.76. The Kier molecular flexibility index (Phi) is 5.27. The predicted octanol–water partition coefficient (Wildman–Crippen LogP) is 4.29. The smallest absolute Gasteiger partial charge is 0.133 e. The Morgan fingerprint density at radius 3 is 2.86 bits per heavy atom. The maximum atomic E-state index is 10.0. The molecule has 1 aromatic heterocycles. The monoisotopic (exact) mass is 395 g/mol. The number of nitrogens with zero attached hydrogens (tertiary/aromatic N) is 2. The molecule has 2 heterocycles. The van der Waals surface area contributed by atoms with Gasteiger partial charge in [0.25, 0.3) is 0 Å². The Balaban J connectivity index is 1.69. The van der Waals surface area contributed by atoms with E-state index in [9.17, 15) is 5.11 Å². The van der Waals surface area contributed by atoms with Gasteiger partial charge < -0.3 is 19.7 Å². The fourth-order valence-electron chi connectivity index (χ4n) is 3.75. The van der Waals surface area contributed by atoms with Gasteiger partial charge >= 0.3 is 0 Å². The second-order valence-corrected chi connectivity index (χ2v) is 14.4. The zero-order valence-electron chi connectivity index (χ0n) is 16.9. The first-order valence-electron chi connectivity index (χ1n) is 10.0. The van der Waals surface area contributed by atoms with Gasteiger partial charge in [0.1, 0.15) is 18.3 Å². The van der Waals surface area contributed by atoms with Crippen LogP contribution in [0.25, 0.3) is 11.0 Å². The minimum Gasteiger partial charge on any atom is -0.508 e. The van der Waals surface area contributed by atoms with E-state index >= 15 is 0 Å². The lowest BCUT2D eigenvalue weighted by atomic mass is 9.93. The van der Waals surface area contributed by atoms with Gasteiger partial charge in [0.05, 0.1) is 17.1 Å². The first kappa shape index (κ1) is 19.2. The molecule has 2 N–H and O–H groups in total. The second kappa shape index (κ2) is 7.70. The van der Waals surface area contributed by atoms with Crippen molar-refractivity contribution in [2.24, 2.45) is 0 Å². The molecule has 28 heavy (non-hydrogen) atoms. The first-order valence-corrected chi connectivity index (χ1v) is 13.7. The van der Waals surface area contributed by atoms with Crippen molar-refractivity contribution in [2.45, 2.75) is 44.9 Å². The molecule has 0 fully saturated rings. The molecule has 1 aliphatic rings. The first-order chi connectivity index (χ1) is 13.4. The van der Waals surface area contributed by atoms with Gasteiger partial charge in [-0.3, -0.25) is 0 Å². The van der Waals surface area contributed by atoms with E-state index in [0.29, 0.717) is 12.5 Å². The van der Waals surface area contributed by atoms with E-state index in [1.54, 1.807) is 6.07 Å². The molecule has 0 bridgehead atoms. The van der Waals surface area contributed by atoms with E-state index in [1.165, 1.54) is 5.56 Å². The number of benzene rings is 2. The summed E-state index contributed by atoms with van der Waals surface area (Å²) in [6.45, 7) is 9.25. The number of hydrogen-bond acceptors (Lipinski definition) is 4. The molecule has 1 aliphatic heterocycles. The van der Waals surface area contributed by atoms with E-state index in [4.69, 9.17) is 9.72 Å². The van der Waals surface area contributed by atoms with Gasteiger partial charge in [0.15, 0.2) is 0 Å². The Bertz CT molecular complexity index is 978. The summed E-state index contributed by atoms with van der Waals surface area (Å²) in [4.78, 5) is 4.94. The van der Waals surface area contributed by atoms with Crippen molar-refractivity contribution in [1.82, 2.24) is 14.9 Å². The lowest BCUT2D eigenvalue weighted by Gasteiger charge is -2.27. The number of hydrogen-bond donors (Lipinski definition) is 2. The van der Waals surface area contributed by atoms with Crippen molar-refractivity contribution < 1.29 is 9.84 Å². The minimum absolute atomic E-state index is 0.0520. The van der Waals surface area contributed by atoms with Crippen LogP contribution in [-0.2, 0) is 17.9 Å². The van der Waals surface area contributed by atoms with Crippen LogP contribution in [0.1, 0.15) is 23.0 Å². The van der Waals surface area contributed by atoms with Crippen LogP contribution in [0.15, 0.2) is 42.5 Å². The third kappa shape index (κ3) is 3.99. The van der Waals surface area contributed by atoms with Crippen molar-refractivity contribution in [3.05, 3.63) is 59.4 Å². The fraction of sp³-hybridized carbons (Fsp3) is 0.409. The van der Waals surface area contributed by atoms with Gasteiger partial charge in [0, 0.05) is 21.2 Å². The topological polar surface area (TPSA) is 59.3 Å². The van der Waals surface area contributed by atoms with Crippen molar-refractivity contribution in [3.8, 4) is 5.75 Å². The molecule has 0 spiro atoms. The number of ether oxygens (including phenoxy) is 1. The van der Waals surface area contributed by atoms with Crippen molar-refractivity contribution in [1.29, 1.82) is 0 Å². The quantitative estimate of drug-likeness (QED) is 0.483. The molecule has 1 atom stereocenters. The van der Waals surface area contributed by atoms with Gasteiger partial charge in [-0.1, -0.05) is 37.8 Å². The Morgan fingerprint density at radius 2 is 2.04 bits per heavy atom. The van der Waals surface area contributed by atoms with Gasteiger partial charge in [-0.2, -0.15) is 0 Å². The lowest BCUT2D eigenvalue weighted by Crippen LogP contribution is -2.32. The molecular weight excluding hydrogens is 366 g/mol. The summed E-state index contributed by atoms with van der Waals surface area (Å²) in [6.07, 6.45) is 0.957. The number of imidazole rings is 1. The number of nitrogens with one attached hydrogen (secondary N) is 1. The van der Waals surface area contributed by atoms with E-state index in [2.05, 4.69) is 35.6 Å². The molecule has 0 amide bonds. The van der Waals surface area contributed by atoms with E-state index in [1.807, 2.05) is 30.3 Å². The zero-order valence-corrected chi connectivity index (χ0v) is 17.9. The minimum atomic E-state index is -1.12. The lowest BCUT2D eigenvalue weighted by molar-refractivity contribution is 0.0870. The third-order valence-electron chi connectivity index (χ3n) is 5.34. The van der Waals surface area contributed by atoms with Crippen LogP contribution in [0.4, 0.5) is 0 Å². The molecule has 0 saturated heterocycles. The van der Waals surface area contributed by atoms with Crippen molar-refractivity contribution in [2.75, 3.05) is 13.2 Å². The average Bonchev–Trinajstić information content (AvgIpc) is 3.02. The third-order valence-corrected chi connectivity index (χ3v) is 7.05. The number of phenolic OH excluding ortho intramolecular Hbond substituents is 1. The maximum Gasteiger partial charge on any atom is 0.133 e. The van der Waals surface area contributed by atoms with Crippen LogP contribution in [0.2, 0.25) is 25.7 Å². The second-order valence-electron chi connectivity index (χ2n) is 8.76. The largest absolute Gasteiger partial charge is 0.508 e. The molecule has 3 aromatic rings. The van der Waals surface area contributed by atoms with Crippen LogP contribution in [0.5, 0.6) is 5.75 Å². The predicted molar refractivity (Wildman–Crippen MR) is 115 cm³/mol. The highest BCUT2D eigenvalue weighted by Crippen LogP contribution is 2.32. The molecule has 1 unspecified atom stereocenters. The normalized spacial score (nSPS) is 17.0. The average molecular weight is 396 g/mol. The van der Waals surface area contributed by atoms with Gasteiger partial charge in [-0.05, 0) is 47.9 Å². The SMILES string of the molecule is C[Si](C)(C)CCOCn1c(C2NCCc3ccc(O)cc32)nc2ccccc21. The van der Waals surface area contributed by atoms with Crippen molar-refractivity contribution in [3.63, 3.8) is 0 Å². The maximum absolute atomic E-state index is 10.0. The number of para-hydroxylation sites is 2. The number of rotatable bonds is 6. The van der Waals surface area contributed by atoms with E-state index < -0.39 is 8.07 Å². The number of aromatic nitrogens is 2. The van der Waals surface area contributed by atoms with Gasteiger partial charge in [-0.15, -0.1) is 0 Å². The number of fused-ring (bicyclic) bond motifs is 2. The molecule has 0 saturated carbocycles. The van der Waals surface area contributed by atoms with Gasteiger partial charge in [0.2, 0.25) is 0 Å². The van der Waals surface area contributed by atoms with Gasteiger partial charge in [-0.25, -0.2) is 4.98 Å². The molecule has 0 aliphatic carbocycles. The van der Waals surface area contributed by atoms with E-state index in [-0.39, 0.29) is 6.04 Å². The molecular formula is C22H29N3O2Si. The summed E-state index contributed by atoms with van der Waals surface area (Å²) < 4.78 is 8.26. The van der Waals surface area contributed by atoms with Crippen LogP contribution >= 0.6 is 0 Å². The van der Waals surface area contributed by atoms with Crippen LogP contribution in [0, 0.1) is 0 Å².